The molecule has 3 aromatic rings. The molecule has 3 amide bonds. The summed E-state index contributed by atoms with van der Waals surface area (Å²) in [5.41, 5.74) is 16.5. The molecule has 14 heteroatoms. The molecule has 0 radical (unpaired) electrons. The normalized spacial score (nSPS) is 13.4. The van der Waals surface area contributed by atoms with Crippen molar-refractivity contribution in [2.45, 2.75) is 38.3 Å². The monoisotopic (exact) mass is 593 g/mol. The van der Waals surface area contributed by atoms with Crippen LogP contribution in [0, 0.1) is 0 Å². The van der Waals surface area contributed by atoms with Gasteiger partial charge in [0.1, 0.15) is 6.04 Å². The highest BCUT2D eigenvalue weighted by Crippen LogP contribution is 2.31. The highest BCUT2D eigenvalue weighted by Gasteiger charge is 2.35. The van der Waals surface area contributed by atoms with E-state index in [4.69, 9.17) is 17.2 Å². The van der Waals surface area contributed by atoms with Crippen LogP contribution in [0.3, 0.4) is 0 Å². The van der Waals surface area contributed by atoms with Gasteiger partial charge in [0.05, 0.1) is 23.5 Å². The van der Waals surface area contributed by atoms with E-state index in [2.05, 4.69) is 15.6 Å². The number of carbonyl (C=O) groups is 3. The van der Waals surface area contributed by atoms with Crippen molar-refractivity contribution in [3.05, 3.63) is 71.9 Å². The molecule has 3 atom stereocenters. The number of rotatable bonds is 12. The minimum absolute atomic E-state index is 0. The first-order chi connectivity index (χ1) is 19.4. The Kier molecular flexibility index (Phi) is 12.3. The summed E-state index contributed by atoms with van der Waals surface area (Å²) in [6.07, 6.45) is -5.81. The zero-order chi connectivity index (χ0) is 30.2. The lowest BCUT2D eigenvalue weighted by molar-refractivity contribution is -0.137. The largest absolute Gasteiger partial charge is 0.416 e. The Morgan fingerprint density at radius 2 is 1.60 bits per heavy atom. The van der Waals surface area contributed by atoms with E-state index in [0.29, 0.717) is 23.0 Å². The molecule has 0 aliphatic heterocycles. The lowest BCUT2D eigenvalue weighted by atomic mass is 10.00. The van der Waals surface area contributed by atoms with Crippen LogP contribution in [0.2, 0.25) is 0 Å². The summed E-state index contributed by atoms with van der Waals surface area (Å²) < 4.78 is 54.7. The molecule has 0 saturated heterocycles. The fourth-order valence-electron chi connectivity index (χ4n) is 4.04. The van der Waals surface area contributed by atoms with Crippen LogP contribution in [0.1, 0.15) is 31.1 Å². The van der Waals surface area contributed by atoms with Gasteiger partial charge in [0.15, 0.2) is 6.17 Å². The van der Waals surface area contributed by atoms with Crippen LogP contribution in [0.4, 0.5) is 23.2 Å². The smallest absolute Gasteiger partial charge is 0.340 e. The van der Waals surface area contributed by atoms with Crippen molar-refractivity contribution in [3.63, 3.8) is 0 Å². The number of hydrogen-bond donors (Lipinski definition) is 5. The van der Waals surface area contributed by atoms with Gasteiger partial charge in [-0.25, -0.2) is 4.39 Å². The molecule has 1 heterocycles. The summed E-state index contributed by atoms with van der Waals surface area (Å²) in [7, 11) is 0. The van der Waals surface area contributed by atoms with Crippen molar-refractivity contribution in [1.82, 2.24) is 15.2 Å². The third kappa shape index (κ3) is 8.93. The number of carbonyl (C=O) groups excluding carboxylic acids is 3. The maximum atomic E-state index is 15.7. The van der Waals surface area contributed by atoms with Crippen LogP contribution in [-0.4, -0.2) is 65.9 Å². The quantitative estimate of drug-likeness (QED) is 0.201. The maximum Gasteiger partial charge on any atom is 0.416 e. The molecule has 0 aliphatic carbocycles. The Hall–Kier alpha value is -4.14. The number of hydrogen-bond acceptors (Lipinski definition) is 7. The lowest BCUT2D eigenvalue weighted by Gasteiger charge is -2.25. The van der Waals surface area contributed by atoms with Crippen molar-refractivity contribution in [1.29, 1.82) is 0 Å². The second kappa shape index (κ2) is 15.2. The number of halogens is 4. The van der Waals surface area contributed by atoms with Gasteiger partial charge in [-0.15, -0.1) is 0 Å². The molecule has 0 saturated carbocycles. The molecule has 42 heavy (non-hydrogen) atoms. The van der Waals surface area contributed by atoms with Gasteiger partial charge in [0.25, 0.3) is 0 Å². The molecular formula is C28H35F4N7O3. The van der Waals surface area contributed by atoms with E-state index in [-0.39, 0.29) is 44.9 Å². The molecule has 0 bridgehead atoms. The van der Waals surface area contributed by atoms with Gasteiger partial charge < -0.3 is 32.7 Å². The summed E-state index contributed by atoms with van der Waals surface area (Å²) in [5.74, 6) is -2.54. The second-order valence-corrected chi connectivity index (χ2v) is 9.18. The SMILES string of the molecule is C.NCCN(CCN)C(=O)C[C@H](N)C(=O)N[C@H](C(=O)Nc1ccc2ncccc2c1)[C@@H](F)c1ccc(C(F)(F)F)cc1. The number of nitrogens with one attached hydrogen (secondary N) is 2. The highest BCUT2D eigenvalue weighted by atomic mass is 19.4. The number of benzene rings is 2. The average Bonchev–Trinajstić information content (AvgIpc) is 2.94. The third-order valence-corrected chi connectivity index (χ3v) is 6.18. The van der Waals surface area contributed by atoms with Crippen molar-refractivity contribution >= 4 is 34.3 Å². The van der Waals surface area contributed by atoms with E-state index < -0.39 is 54.1 Å². The molecular weight excluding hydrogens is 558 g/mol. The van der Waals surface area contributed by atoms with Crippen molar-refractivity contribution in [3.8, 4) is 0 Å². The van der Waals surface area contributed by atoms with Crippen LogP contribution < -0.4 is 27.8 Å². The van der Waals surface area contributed by atoms with Crippen molar-refractivity contribution < 1.29 is 31.9 Å². The number of fused-ring (bicyclic) bond motifs is 1. The molecule has 10 nitrogen and oxygen atoms in total. The van der Waals surface area contributed by atoms with Gasteiger partial charge >= 0.3 is 6.18 Å². The molecule has 8 N–H and O–H groups in total. The molecule has 0 spiro atoms. The number of pyridine rings is 1. The van der Waals surface area contributed by atoms with E-state index in [1.165, 1.54) is 11.0 Å². The van der Waals surface area contributed by atoms with Crippen LogP contribution in [0.25, 0.3) is 10.9 Å². The summed E-state index contributed by atoms with van der Waals surface area (Å²) in [5, 5.41) is 5.40. The van der Waals surface area contributed by atoms with E-state index in [1.807, 2.05) is 0 Å². The Bertz CT molecular complexity index is 1350. The van der Waals surface area contributed by atoms with Crippen LogP contribution >= 0.6 is 0 Å². The minimum Gasteiger partial charge on any atom is -0.340 e. The molecule has 0 fully saturated rings. The fourth-order valence-corrected chi connectivity index (χ4v) is 4.04. The summed E-state index contributed by atoms with van der Waals surface area (Å²) >= 11 is 0. The molecule has 0 aliphatic rings. The molecule has 1 aromatic heterocycles. The summed E-state index contributed by atoms with van der Waals surface area (Å²) in [6.45, 7) is 0.655. The molecule has 2 aromatic carbocycles. The van der Waals surface area contributed by atoms with E-state index >= 15 is 4.39 Å². The van der Waals surface area contributed by atoms with Gasteiger partial charge in [-0.1, -0.05) is 25.6 Å². The minimum atomic E-state index is -4.65. The predicted molar refractivity (Wildman–Crippen MR) is 152 cm³/mol. The Morgan fingerprint density at radius 3 is 2.19 bits per heavy atom. The van der Waals surface area contributed by atoms with E-state index in [0.717, 1.165) is 12.1 Å². The number of alkyl halides is 4. The number of anilines is 1. The average molecular weight is 594 g/mol. The van der Waals surface area contributed by atoms with Crippen LogP contribution in [-0.2, 0) is 20.6 Å². The zero-order valence-electron chi connectivity index (χ0n) is 21.9. The predicted octanol–water partition coefficient (Wildman–Crippen LogP) is 2.49. The second-order valence-electron chi connectivity index (χ2n) is 9.18. The number of aromatic nitrogens is 1. The molecule has 0 unspecified atom stereocenters. The number of nitrogens with two attached hydrogens (primary N) is 3. The Labute approximate surface area is 240 Å². The summed E-state index contributed by atoms with van der Waals surface area (Å²) in [6, 6.07) is 7.87. The van der Waals surface area contributed by atoms with Gasteiger partial charge in [0.2, 0.25) is 17.7 Å². The molecule has 3 rings (SSSR count). The first-order valence-electron chi connectivity index (χ1n) is 12.6. The third-order valence-electron chi connectivity index (χ3n) is 6.18. The van der Waals surface area contributed by atoms with Crippen LogP contribution in [0.15, 0.2) is 60.8 Å². The number of amides is 3. The van der Waals surface area contributed by atoms with Crippen LogP contribution in [0.5, 0.6) is 0 Å². The topological polar surface area (TPSA) is 169 Å². The maximum absolute atomic E-state index is 15.7. The Balaban J connectivity index is 0.00000616. The zero-order valence-corrected chi connectivity index (χ0v) is 21.9. The van der Waals surface area contributed by atoms with Gasteiger partial charge in [-0.3, -0.25) is 19.4 Å². The Morgan fingerprint density at radius 1 is 0.952 bits per heavy atom. The molecule has 228 valence electrons. The van der Waals surface area contributed by atoms with E-state index in [9.17, 15) is 27.6 Å². The van der Waals surface area contributed by atoms with Gasteiger partial charge in [0, 0.05) is 43.4 Å². The standard InChI is InChI=1S/C27H31F4N7O3.CH4/c28-23(16-3-5-18(6-4-16)27(29,30)31)24(26(41)36-19-7-8-21-17(14-19)2-1-11-35-21)37-25(40)20(34)15-22(39)38(12-9-32)13-10-33;/h1-8,11,14,20,23-24H,9-10,12-13,15,32-34H2,(H,36,41)(H,37,40);1H4/t20-,23-,24-;/m0./s1. The van der Waals surface area contributed by atoms with Crippen molar-refractivity contribution in [2.75, 3.05) is 31.5 Å². The first-order valence-corrected chi connectivity index (χ1v) is 12.6. The first kappa shape index (κ1) is 34.1. The number of nitrogens with zero attached hydrogens (tertiary/aromatic N) is 2. The van der Waals surface area contributed by atoms with E-state index in [1.54, 1.807) is 30.5 Å². The van der Waals surface area contributed by atoms with Gasteiger partial charge in [-0.05, 0) is 42.0 Å². The lowest BCUT2D eigenvalue weighted by Crippen LogP contribution is -2.53. The van der Waals surface area contributed by atoms with Gasteiger partial charge in [-0.2, -0.15) is 13.2 Å². The summed E-state index contributed by atoms with van der Waals surface area (Å²) in [4.78, 5) is 44.2. The fraction of sp³-hybridized carbons (Fsp3) is 0.357. The highest BCUT2D eigenvalue weighted by molar-refractivity contribution is 6.00. The van der Waals surface area contributed by atoms with Crippen molar-refractivity contribution in [2.24, 2.45) is 17.2 Å².